The van der Waals surface area contributed by atoms with E-state index >= 15 is 4.79 Å². The molecule has 2 fully saturated rings. The number of nitrogens with zero attached hydrogens (tertiary/aromatic N) is 2. The zero-order valence-electron chi connectivity index (χ0n) is 40.4. The number of phosphoric ester groups is 1. The number of aromatic hydroxyl groups is 1. The molecule has 5 aromatic carbocycles. The highest BCUT2D eigenvalue weighted by atomic mass is 32.2. The normalized spacial score (nSPS) is 24.3. The number of phosphoric acid groups is 1. The van der Waals surface area contributed by atoms with Gasteiger partial charge in [0.25, 0.3) is 0 Å². The maximum atomic E-state index is 15.3. The molecule has 1 unspecified atom stereocenters. The van der Waals surface area contributed by atoms with Gasteiger partial charge >= 0.3 is 19.8 Å². The molecule has 0 amide bonds. The summed E-state index contributed by atoms with van der Waals surface area (Å²) >= 11 is 1.54. The highest BCUT2D eigenvalue weighted by Gasteiger charge is 2.59. The molecule has 7 aliphatic heterocycles. The van der Waals surface area contributed by atoms with Crippen molar-refractivity contribution in [2.75, 3.05) is 53.5 Å². The Morgan fingerprint density at radius 2 is 1.59 bits per heavy atom. The van der Waals surface area contributed by atoms with Gasteiger partial charge in [-0.05, 0) is 79.3 Å². The van der Waals surface area contributed by atoms with Crippen LogP contribution in [0.5, 0.6) is 40.2 Å². The number of hydrogen-bond donors (Lipinski definition) is 2. The first-order chi connectivity index (χ1) is 34.3. The van der Waals surface area contributed by atoms with Crippen molar-refractivity contribution in [1.29, 1.82) is 0 Å². The molecule has 7 aliphatic rings. The number of methoxy groups -OCH3 is 2. The first-order valence-corrected chi connectivity index (χ1v) is 26.3. The lowest BCUT2D eigenvalue weighted by atomic mass is 9.73. The van der Waals surface area contributed by atoms with Crippen LogP contribution < -0.4 is 33.5 Å². The van der Waals surface area contributed by atoms with E-state index < -0.39 is 36.6 Å². The third-order valence-electron chi connectivity index (χ3n) is 14.9. The first-order valence-electron chi connectivity index (χ1n) is 23.8. The van der Waals surface area contributed by atoms with Crippen LogP contribution in [-0.4, -0.2) is 92.4 Å². The number of hydrogen-bond acceptors (Lipinski definition) is 17. The molecule has 6 atom stereocenters. The van der Waals surface area contributed by atoms with Crippen LogP contribution in [0.15, 0.2) is 78.9 Å². The molecule has 18 heteroatoms. The molecule has 0 radical (unpaired) electrons. The predicted octanol–water partition coefficient (Wildman–Crippen LogP) is 8.31. The van der Waals surface area contributed by atoms with E-state index in [0.717, 1.165) is 44.5 Å². The summed E-state index contributed by atoms with van der Waals surface area (Å²) in [5.41, 5.74) is 6.25. The average molecular weight is 1010 g/mol. The Morgan fingerprint density at radius 1 is 0.887 bits per heavy atom. The van der Waals surface area contributed by atoms with Crippen LogP contribution in [0.2, 0.25) is 0 Å². The Morgan fingerprint density at radius 3 is 2.27 bits per heavy atom. The van der Waals surface area contributed by atoms with E-state index in [1.807, 2.05) is 74.5 Å². The van der Waals surface area contributed by atoms with Gasteiger partial charge in [-0.3, -0.25) is 29.0 Å². The van der Waals surface area contributed by atoms with E-state index in [9.17, 15) is 14.5 Å². The summed E-state index contributed by atoms with van der Waals surface area (Å²) in [4.78, 5) is 33.2. The summed E-state index contributed by atoms with van der Waals surface area (Å²) in [7, 11) is 0.813. The van der Waals surface area contributed by atoms with Crippen LogP contribution in [-0.2, 0) is 59.5 Å². The van der Waals surface area contributed by atoms with Crippen LogP contribution in [0, 0.1) is 13.8 Å². The lowest BCUT2D eigenvalue weighted by Crippen LogP contribution is -2.65. The fraction of sp³-hybridized carbons (Fsp3) is 0.396. The Hall–Kier alpha value is -5.78. The summed E-state index contributed by atoms with van der Waals surface area (Å²) in [5, 5.41) is 15.3. The molecular formula is C53H56N3O13PS. The van der Waals surface area contributed by atoms with Crippen LogP contribution in [0.4, 0.5) is 0 Å². The number of aryl methyl sites for hydroxylation is 1. The number of carbonyl (C=O) groups excluding carboxylic acids is 2. The summed E-state index contributed by atoms with van der Waals surface area (Å²) in [6.45, 7) is 5.97. The number of thioether (sulfide) groups is 1. The van der Waals surface area contributed by atoms with Crippen molar-refractivity contribution >= 4 is 31.5 Å². The van der Waals surface area contributed by atoms with Gasteiger partial charge in [0.15, 0.2) is 40.0 Å². The number of fused-ring (bicyclic) bond motifs is 9. The van der Waals surface area contributed by atoms with Crippen molar-refractivity contribution in [2.24, 2.45) is 0 Å². The minimum atomic E-state index is -4.33. The van der Waals surface area contributed by atoms with Crippen molar-refractivity contribution in [3.8, 4) is 40.2 Å². The Bertz CT molecular complexity index is 2930. The van der Waals surface area contributed by atoms with E-state index in [1.165, 1.54) is 14.0 Å². The highest BCUT2D eigenvalue weighted by molar-refractivity contribution is 7.99. The summed E-state index contributed by atoms with van der Waals surface area (Å²) in [5.74, 6) is 1.38. The van der Waals surface area contributed by atoms with Crippen molar-refractivity contribution in [1.82, 2.24) is 15.1 Å². The zero-order chi connectivity index (χ0) is 49.3. The minimum absolute atomic E-state index is 0.0284. The molecule has 12 rings (SSSR count). The van der Waals surface area contributed by atoms with E-state index in [0.29, 0.717) is 60.1 Å². The number of likely N-dealkylation sites (N-methyl/N-ethyl adjacent to an activating group) is 1. The molecule has 2 N–H and O–H groups in total. The smallest absolute Gasteiger partial charge is 0.504 e. The second-order valence-electron chi connectivity index (χ2n) is 18.9. The molecule has 0 saturated carbocycles. The molecule has 2 saturated heterocycles. The largest absolute Gasteiger partial charge is 0.530 e. The summed E-state index contributed by atoms with van der Waals surface area (Å²) in [6, 6.07) is 23.0. The fourth-order valence-corrected chi connectivity index (χ4v) is 14.5. The predicted molar refractivity (Wildman–Crippen MR) is 262 cm³/mol. The van der Waals surface area contributed by atoms with E-state index in [4.69, 9.17) is 42.0 Å². The topological polar surface area (TPSA) is 173 Å². The van der Waals surface area contributed by atoms with Crippen LogP contribution >= 0.6 is 19.6 Å². The number of nitrogens with one attached hydrogen (secondary N) is 1. The number of phenols is 1. The number of rotatable bonds is 11. The van der Waals surface area contributed by atoms with Crippen molar-refractivity contribution in [3.05, 3.63) is 134 Å². The molecule has 4 bridgehead atoms. The third-order valence-corrected chi connectivity index (χ3v) is 17.6. The number of phenolic OH excluding ortho intramolecular Hbond substituents is 1. The number of esters is 2. The van der Waals surface area contributed by atoms with Crippen molar-refractivity contribution < 1.29 is 61.3 Å². The molecule has 71 heavy (non-hydrogen) atoms. The number of piperazine rings is 1. The van der Waals surface area contributed by atoms with Crippen LogP contribution in [0.25, 0.3) is 0 Å². The highest BCUT2D eigenvalue weighted by Crippen LogP contribution is 2.64. The van der Waals surface area contributed by atoms with E-state index in [1.54, 1.807) is 31.0 Å². The van der Waals surface area contributed by atoms with Gasteiger partial charge in [0.2, 0.25) is 6.79 Å². The number of carbonyl (C=O) groups is 2. The molecular weight excluding hydrogens is 950 g/mol. The Kier molecular flexibility index (Phi) is 12.5. The standard InChI is InChI=1S/C53H56N3O13PS/c1-29-19-35-20-36-23-56-38-26-63-52(59)53(27-71-51(45(56)44(55(36)4)41(35)46(58)47(29)62-6)43-42(38)50-49(64-28-65-50)30(2)48(43)68-31(3)57)37-22-39(61-5)40(21-34(37)17-18-54-53)69-70(60,66-24-32-13-9-7-10-14-32)67-25-33-15-11-8-12-16-33/h7-16,19,21-22,36,38,44-45,51,54,58H,17-18,20,23-28H2,1-6H3/t36-,38-,44+,45?,51+,53+/m0/s1. The maximum absolute atomic E-state index is 15.3. The summed E-state index contributed by atoms with van der Waals surface area (Å²) < 4.78 is 70.1. The molecule has 372 valence electrons. The van der Waals surface area contributed by atoms with Gasteiger partial charge in [-0.25, -0.2) is 9.36 Å². The van der Waals surface area contributed by atoms with Crippen LogP contribution in [0.3, 0.4) is 0 Å². The van der Waals surface area contributed by atoms with E-state index in [2.05, 4.69) is 28.2 Å². The average Bonchev–Trinajstić information content (AvgIpc) is 3.86. The second kappa shape index (κ2) is 18.7. The molecule has 1 spiro atoms. The second-order valence-corrected chi connectivity index (χ2v) is 21.6. The Balaban J connectivity index is 1.03. The van der Waals surface area contributed by atoms with Crippen molar-refractivity contribution in [2.45, 2.75) is 81.8 Å². The monoisotopic (exact) mass is 1010 g/mol. The number of ether oxygens (including phenoxy) is 6. The zero-order valence-corrected chi connectivity index (χ0v) is 42.1. The Labute approximate surface area is 416 Å². The van der Waals surface area contributed by atoms with Gasteiger partial charge in [-0.15, -0.1) is 11.8 Å². The lowest BCUT2D eigenvalue weighted by Gasteiger charge is -2.60. The third kappa shape index (κ3) is 8.10. The molecule has 0 aliphatic carbocycles. The van der Waals surface area contributed by atoms with Gasteiger partial charge in [-0.2, -0.15) is 0 Å². The first kappa shape index (κ1) is 47.5. The van der Waals surface area contributed by atoms with Gasteiger partial charge in [0.05, 0.1) is 44.8 Å². The van der Waals surface area contributed by atoms with Gasteiger partial charge in [-0.1, -0.05) is 66.7 Å². The maximum Gasteiger partial charge on any atom is 0.530 e. The quantitative estimate of drug-likeness (QED) is 0.0734. The van der Waals surface area contributed by atoms with Crippen molar-refractivity contribution in [3.63, 3.8) is 0 Å². The number of benzene rings is 5. The minimum Gasteiger partial charge on any atom is -0.504 e. The van der Waals surface area contributed by atoms with Crippen LogP contribution in [0.1, 0.15) is 79.9 Å². The molecule has 7 heterocycles. The molecule has 0 aromatic heterocycles. The van der Waals surface area contributed by atoms with E-state index in [-0.39, 0.29) is 67.7 Å². The van der Waals surface area contributed by atoms with Gasteiger partial charge < -0.3 is 38.1 Å². The van der Waals surface area contributed by atoms with Gasteiger partial charge in [0.1, 0.15) is 12.4 Å². The molecule has 16 nitrogen and oxygen atoms in total. The SMILES string of the molecule is COc1cc2c(cc1OP(=O)(OCc1ccccc1)OCc1ccccc1)CCN[C@]21CS[C@@H]2c3c(OC(C)=O)c(C)c4c(c3[C@H](COC1=O)N1C[C@@H]3Cc5cc(C)c(OC)c(O)c5[C@H](C21)N3C)OCO4. The summed E-state index contributed by atoms with van der Waals surface area (Å²) in [6.07, 6.45) is 1.15. The molecule has 5 aromatic rings. The fourth-order valence-electron chi connectivity index (χ4n) is 11.6. The lowest BCUT2D eigenvalue weighted by molar-refractivity contribution is -0.156. The van der Waals surface area contributed by atoms with Gasteiger partial charge in [0, 0.05) is 60.1 Å².